The first-order valence-electron chi connectivity index (χ1n) is 6.67. The minimum atomic E-state index is -0.153. The highest BCUT2D eigenvalue weighted by molar-refractivity contribution is 6.30. The van der Waals surface area contributed by atoms with Gasteiger partial charge in [0.2, 0.25) is 5.88 Å². The van der Waals surface area contributed by atoms with Crippen LogP contribution in [-0.4, -0.2) is 29.3 Å². The summed E-state index contributed by atoms with van der Waals surface area (Å²) in [7, 11) is 0. The number of hydrogen-bond donors (Lipinski definition) is 0. The van der Waals surface area contributed by atoms with Crippen LogP contribution in [0.2, 0.25) is 5.15 Å². The third-order valence-corrected chi connectivity index (χ3v) is 3.51. The van der Waals surface area contributed by atoms with E-state index in [4.69, 9.17) is 21.1 Å². The summed E-state index contributed by atoms with van der Waals surface area (Å²) in [5.74, 6) is 1.27. The van der Waals surface area contributed by atoms with Gasteiger partial charge in [0.25, 0.3) is 0 Å². The number of hydrogen-bond acceptors (Lipinski definition) is 4. The average molecular weight is 285 g/mol. The molecule has 1 fully saturated rings. The predicted molar refractivity (Wildman–Crippen MR) is 74.9 cm³/mol. The Morgan fingerprint density at radius 2 is 2.11 bits per heavy atom. The Morgan fingerprint density at radius 3 is 2.68 bits per heavy atom. The molecule has 19 heavy (non-hydrogen) atoms. The third kappa shape index (κ3) is 3.57. The first-order valence-corrected chi connectivity index (χ1v) is 7.05. The molecular formula is C14H21ClN2O2. The van der Waals surface area contributed by atoms with Crippen molar-refractivity contribution in [2.45, 2.75) is 52.1 Å². The second-order valence-corrected chi connectivity index (χ2v) is 6.32. The standard InChI is InChI=1S/C14H21ClN2O2/c1-9-11(15)16-13(14(2,3)4)17-12(9)19-8-10-6-5-7-18-10/h10H,5-8H2,1-4H3. The molecule has 0 radical (unpaired) electrons. The molecule has 0 amide bonds. The lowest BCUT2D eigenvalue weighted by Crippen LogP contribution is -2.20. The molecule has 0 N–H and O–H groups in total. The Balaban J connectivity index is 2.16. The van der Waals surface area contributed by atoms with Crippen molar-refractivity contribution in [3.63, 3.8) is 0 Å². The van der Waals surface area contributed by atoms with Crippen LogP contribution in [-0.2, 0) is 10.2 Å². The largest absolute Gasteiger partial charge is 0.475 e. The summed E-state index contributed by atoms with van der Waals surface area (Å²) < 4.78 is 11.3. The van der Waals surface area contributed by atoms with Gasteiger partial charge in [0.05, 0.1) is 6.10 Å². The summed E-state index contributed by atoms with van der Waals surface area (Å²) in [6.45, 7) is 9.38. The van der Waals surface area contributed by atoms with E-state index in [9.17, 15) is 0 Å². The van der Waals surface area contributed by atoms with Crippen LogP contribution in [0.3, 0.4) is 0 Å². The van der Waals surface area contributed by atoms with E-state index in [1.54, 1.807) is 0 Å². The minimum absolute atomic E-state index is 0.153. The Morgan fingerprint density at radius 1 is 1.37 bits per heavy atom. The zero-order chi connectivity index (χ0) is 14.0. The highest BCUT2D eigenvalue weighted by atomic mass is 35.5. The van der Waals surface area contributed by atoms with Gasteiger partial charge in [-0.05, 0) is 19.8 Å². The first kappa shape index (κ1) is 14.5. The van der Waals surface area contributed by atoms with Gasteiger partial charge in [-0.3, -0.25) is 0 Å². The molecule has 1 unspecified atom stereocenters. The lowest BCUT2D eigenvalue weighted by molar-refractivity contribution is 0.0658. The van der Waals surface area contributed by atoms with Crippen LogP contribution in [0.5, 0.6) is 5.88 Å². The van der Waals surface area contributed by atoms with Crippen molar-refractivity contribution < 1.29 is 9.47 Å². The predicted octanol–water partition coefficient (Wildman–Crippen LogP) is 3.29. The fraction of sp³-hybridized carbons (Fsp3) is 0.714. The number of aromatic nitrogens is 2. The molecule has 2 rings (SSSR count). The van der Waals surface area contributed by atoms with Gasteiger partial charge in [-0.15, -0.1) is 0 Å². The smallest absolute Gasteiger partial charge is 0.221 e. The quantitative estimate of drug-likeness (QED) is 0.799. The first-order chi connectivity index (χ1) is 8.88. The number of nitrogens with zero attached hydrogens (tertiary/aromatic N) is 2. The van der Waals surface area contributed by atoms with E-state index in [2.05, 4.69) is 30.7 Å². The lowest BCUT2D eigenvalue weighted by Gasteiger charge is -2.19. The van der Waals surface area contributed by atoms with E-state index in [0.717, 1.165) is 25.0 Å². The van der Waals surface area contributed by atoms with Gasteiger partial charge >= 0.3 is 0 Å². The van der Waals surface area contributed by atoms with Crippen molar-refractivity contribution in [2.24, 2.45) is 0 Å². The Labute approximate surface area is 119 Å². The normalized spacial score (nSPS) is 19.7. The number of ether oxygens (including phenoxy) is 2. The molecule has 0 saturated carbocycles. The van der Waals surface area contributed by atoms with Gasteiger partial charge in [-0.1, -0.05) is 32.4 Å². The summed E-state index contributed by atoms with van der Waals surface area (Å²) in [4.78, 5) is 8.82. The molecule has 1 saturated heterocycles. The van der Waals surface area contributed by atoms with E-state index in [0.29, 0.717) is 23.5 Å². The van der Waals surface area contributed by atoms with Gasteiger partial charge in [0.1, 0.15) is 17.6 Å². The van der Waals surface area contributed by atoms with Crippen molar-refractivity contribution in [1.82, 2.24) is 9.97 Å². The van der Waals surface area contributed by atoms with E-state index in [1.165, 1.54) is 0 Å². The van der Waals surface area contributed by atoms with Crippen LogP contribution in [0.1, 0.15) is 45.0 Å². The zero-order valence-electron chi connectivity index (χ0n) is 12.0. The zero-order valence-corrected chi connectivity index (χ0v) is 12.8. The number of rotatable bonds is 3. The van der Waals surface area contributed by atoms with Crippen molar-refractivity contribution >= 4 is 11.6 Å². The fourth-order valence-electron chi connectivity index (χ4n) is 1.89. The maximum absolute atomic E-state index is 6.16. The Kier molecular flexibility index (Phi) is 4.31. The van der Waals surface area contributed by atoms with Crippen molar-refractivity contribution in [3.05, 3.63) is 16.5 Å². The maximum atomic E-state index is 6.16. The van der Waals surface area contributed by atoms with Crippen LogP contribution in [0.25, 0.3) is 0 Å². The molecule has 0 aliphatic carbocycles. The minimum Gasteiger partial charge on any atom is -0.475 e. The van der Waals surface area contributed by atoms with E-state index in [-0.39, 0.29) is 11.5 Å². The van der Waals surface area contributed by atoms with Crippen LogP contribution in [0, 0.1) is 6.92 Å². The Bertz CT molecular complexity index is 451. The van der Waals surface area contributed by atoms with Crippen LogP contribution in [0.15, 0.2) is 0 Å². The summed E-state index contributed by atoms with van der Waals surface area (Å²) in [5, 5.41) is 0.460. The average Bonchev–Trinajstić information content (AvgIpc) is 2.82. The van der Waals surface area contributed by atoms with Crippen LogP contribution in [0.4, 0.5) is 0 Å². The fourth-order valence-corrected chi connectivity index (χ4v) is 2.05. The Hall–Kier alpha value is -0.870. The van der Waals surface area contributed by atoms with Crippen molar-refractivity contribution in [3.8, 4) is 5.88 Å². The lowest BCUT2D eigenvalue weighted by atomic mass is 9.96. The third-order valence-electron chi connectivity index (χ3n) is 3.14. The molecule has 4 nitrogen and oxygen atoms in total. The molecule has 1 aliphatic heterocycles. The molecule has 1 atom stereocenters. The van der Waals surface area contributed by atoms with Gasteiger partial charge in [0, 0.05) is 17.6 Å². The molecule has 0 spiro atoms. The molecule has 106 valence electrons. The monoisotopic (exact) mass is 284 g/mol. The summed E-state index contributed by atoms with van der Waals surface area (Å²) >= 11 is 6.16. The van der Waals surface area contributed by atoms with E-state index < -0.39 is 0 Å². The van der Waals surface area contributed by atoms with Crippen molar-refractivity contribution in [2.75, 3.05) is 13.2 Å². The summed E-state index contributed by atoms with van der Waals surface area (Å²) in [6, 6.07) is 0. The highest BCUT2D eigenvalue weighted by Gasteiger charge is 2.22. The maximum Gasteiger partial charge on any atom is 0.221 e. The van der Waals surface area contributed by atoms with E-state index >= 15 is 0 Å². The van der Waals surface area contributed by atoms with E-state index in [1.807, 2.05) is 6.92 Å². The number of halogens is 1. The van der Waals surface area contributed by atoms with Gasteiger partial charge in [-0.25, -0.2) is 4.98 Å². The molecule has 1 aromatic heterocycles. The van der Waals surface area contributed by atoms with Gasteiger partial charge in [0.15, 0.2) is 0 Å². The molecule has 2 heterocycles. The van der Waals surface area contributed by atoms with Crippen LogP contribution < -0.4 is 4.74 Å². The highest BCUT2D eigenvalue weighted by Crippen LogP contribution is 2.27. The SMILES string of the molecule is Cc1c(Cl)nc(C(C)(C)C)nc1OCC1CCCO1. The second-order valence-electron chi connectivity index (χ2n) is 5.96. The van der Waals surface area contributed by atoms with Gasteiger partial charge < -0.3 is 9.47 Å². The summed E-state index contributed by atoms with van der Waals surface area (Å²) in [5.41, 5.74) is 0.631. The topological polar surface area (TPSA) is 44.2 Å². The molecule has 5 heteroatoms. The molecule has 1 aromatic rings. The molecule has 1 aliphatic rings. The van der Waals surface area contributed by atoms with Gasteiger partial charge in [-0.2, -0.15) is 4.98 Å². The molecule has 0 bridgehead atoms. The molecule has 0 aromatic carbocycles. The van der Waals surface area contributed by atoms with Crippen molar-refractivity contribution in [1.29, 1.82) is 0 Å². The van der Waals surface area contributed by atoms with Crippen LogP contribution >= 0.6 is 11.6 Å². The second kappa shape index (κ2) is 5.63. The summed E-state index contributed by atoms with van der Waals surface area (Å²) in [6.07, 6.45) is 2.32. The molecular weight excluding hydrogens is 264 g/mol.